The average molecular weight is 520 g/mol. The molecule has 4 rings (SSSR count). The van der Waals surface area contributed by atoms with E-state index in [1.165, 1.54) is 0 Å². The molecule has 0 bridgehead atoms. The maximum atomic E-state index is 13.5. The van der Waals surface area contributed by atoms with Gasteiger partial charge in [-0.05, 0) is 49.1 Å². The van der Waals surface area contributed by atoms with E-state index in [1.54, 1.807) is 21.3 Å². The van der Waals surface area contributed by atoms with Crippen molar-refractivity contribution >= 4 is 33.9 Å². The Bertz CT molecular complexity index is 1420. The fourth-order valence-electron chi connectivity index (χ4n) is 4.71. The fourth-order valence-corrected chi connectivity index (χ4v) is 4.71. The predicted molar refractivity (Wildman–Crippen MR) is 150 cm³/mol. The number of para-hydroxylation sites is 2. The van der Waals surface area contributed by atoms with Gasteiger partial charge in [-0.15, -0.1) is 0 Å². The van der Waals surface area contributed by atoms with Crippen LogP contribution in [0.1, 0.15) is 56.0 Å². The van der Waals surface area contributed by atoms with E-state index in [4.69, 9.17) is 29.9 Å². The van der Waals surface area contributed by atoms with Crippen LogP contribution in [0.4, 0.5) is 5.82 Å². The van der Waals surface area contributed by atoms with Gasteiger partial charge in [-0.3, -0.25) is 4.79 Å². The zero-order valence-corrected chi connectivity index (χ0v) is 23.0. The zero-order valence-electron chi connectivity index (χ0n) is 23.0. The number of hydrogen-bond acceptors (Lipinski definition) is 7. The normalized spacial score (nSPS) is 12.2. The summed E-state index contributed by atoms with van der Waals surface area (Å²) in [4.78, 5) is 23.2. The first kappa shape index (κ1) is 27.0. The van der Waals surface area contributed by atoms with E-state index in [2.05, 4.69) is 19.2 Å². The van der Waals surface area contributed by atoms with Crippen LogP contribution >= 0.6 is 0 Å². The van der Waals surface area contributed by atoms with Gasteiger partial charge in [0.1, 0.15) is 16.9 Å². The summed E-state index contributed by atoms with van der Waals surface area (Å²) in [5, 5.41) is 3.12. The minimum atomic E-state index is -0.252. The number of aromatic nitrogens is 3. The second-order valence-electron chi connectivity index (χ2n) is 9.96. The first-order chi connectivity index (χ1) is 18.3. The number of benzene rings is 2. The van der Waals surface area contributed by atoms with Gasteiger partial charge in [-0.2, -0.15) is 0 Å². The number of methoxy groups -OCH3 is 3. The lowest BCUT2D eigenvalue weighted by molar-refractivity contribution is 0.0940. The minimum Gasteiger partial charge on any atom is -0.493 e. The van der Waals surface area contributed by atoms with Crippen molar-refractivity contribution in [1.29, 1.82) is 0 Å². The van der Waals surface area contributed by atoms with Crippen molar-refractivity contribution in [3.05, 3.63) is 47.5 Å². The molecule has 9 heteroatoms. The summed E-state index contributed by atoms with van der Waals surface area (Å²) < 4.78 is 18.3. The van der Waals surface area contributed by atoms with Crippen LogP contribution in [0, 0.1) is 5.92 Å². The molecule has 0 radical (unpaired) electrons. The van der Waals surface area contributed by atoms with E-state index >= 15 is 0 Å². The van der Waals surface area contributed by atoms with Crippen LogP contribution in [0.2, 0.25) is 0 Å². The fraction of sp³-hybridized carbons (Fsp3) is 0.414. The summed E-state index contributed by atoms with van der Waals surface area (Å²) in [6.07, 6.45) is 3.05. The second kappa shape index (κ2) is 11.6. The quantitative estimate of drug-likeness (QED) is 0.280. The van der Waals surface area contributed by atoms with Gasteiger partial charge in [0.05, 0.1) is 38.9 Å². The molecule has 0 saturated carbocycles. The number of nitrogens with zero attached hydrogens (tertiary/aromatic N) is 3. The van der Waals surface area contributed by atoms with Crippen molar-refractivity contribution in [2.45, 2.75) is 52.6 Å². The molecule has 202 valence electrons. The molecule has 0 saturated heterocycles. The number of nitrogens with one attached hydrogen (secondary N) is 1. The third kappa shape index (κ3) is 5.46. The summed E-state index contributed by atoms with van der Waals surface area (Å²) in [5.74, 6) is 2.24. The predicted octanol–water partition coefficient (Wildman–Crippen LogP) is 5.19. The number of hydrogen-bond donors (Lipinski definition) is 2. The SMILES string of the molecule is COc1cc(Cn2c(N)c(C(=O)N[C@H](C)CCCC(C)C)c3nc4ccccc4nc32)cc(OC)c1OC. The van der Waals surface area contributed by atoms with Gasteiger partial charge in [0.2, 0.25) is 5.75 Å². The summed E-state index contributed by atoms with van der Waals surface area (Å²) >= 11 is 0. The number of ether oxygens (including phenoxy) is 3. The number of rotatable bonds is 11. The number of amides is 1. The molecular formula is C29H37N5O4. The van der Waals surface area contributed by atoms with Gasteiger partial charge in [0.25, 0.3) is 5.91 Å². The average Bonchev–Trinajstić information content (AvgIpc) is 3.16. The minimum absolute atomic E-state index is 0.00239. The van der Waals surface area contributed by atoms with Crippen molar-refractivity contribution in [1.82, 2.24) is 19.9 Å². The summed E-state index contributed by atoms with van der Waals surface area (Å²) in [5.41, 5.74) is 10.3. The number of nitrogens with two attached hydrogens (primary N) is 1. The third-order valence-corrected chi connectivity index (χ3v) is 6.68. The van der Waals surface area contributed by atoms with Gasteiger partial charge in [0.15, 0.2) is 17.1 Å². The molecule has 9 nitrogen and oxygen atoms in total. The Morgan fingerprint density at radius 3 is 2.18 bits per heavy atom. The van der Waals surface area contributed by atoms with Gasteiger partial charge >= 0.3 is 0 Å². The molecule has 2 aromatic carbocycles. The number of carbonyl (C=O) groups excluding carboxylic acids is 1. The molecule has 0 aliphatic heterocycles. The summed E-state index contributed by atoms with van der Waals surface area (Å²) in [6, 6.07) is 11.3. The highest BCUT2D eigenvalue weighted by Crippen LogP contribution is 2.39. The van der Waals surface area contributed by atoms with Crippen LogP contribution in [-0.4, -0.2) is 47.8 Å². The maximum Gasteiger partial charge on any atom is 0.257 e. The Morgan fingerprint density at radius 1 is 0.974 bits per heavy atom. The van der Waals surface area contributed by atoms with Crippen molar-refractivity contribution < 1.29 is 19.0 Å². The first-order valence-corrected chi connectivity index (χ1v) is 12.9. The first-order valence-electron chi connectivity index (χ1n) is 12.9. The van der Waals surface area contributed by atoms with Gasteiger partial charge in [0, 0.05) is 6.04 Å². The Kier molecular flexibility index (Phi) is 8.24. The van der Waals surface area contributed by atoms with E-state index in [-0.39, 0.29) is 11.9 Å². The largest absolute Gasteiger partial charge is 0.493 e. The molecule has 0 unspecified atom stereocenters. The highest BCUT2D eigenvalue weighted by molar-refractivity contribution is 6.10. The molecule has 0 fully saturated rings. The van der Waals surface area contributed by atoms with Crippen LogP contribution in [-0.2, 0) is 6.54 Å². The molecule has 0 spiro atoms. The summed E-state index contributed by atoms with van der Waals surface area (Å²) in [6.45, 7) is 6.75. The highest BCUT2D eigenvalue weighted by Gasteiger charge is 2.25. The molecule has 2 aromatic heterocycles. The number of nitrogen functional groups attached to an aromatic ring is 1. The lowest BCUT2D eigenvalue weighted by Crippen LogP contribution is -2.33. The smallest absolute Gasteiger partial charge is 0.257 e. The van der Waals surface area contributed by atoms with E-state index in [0.717, 1.165) is 30.3 Å². The number of carbonyl (C=O) groups is 1. The van der Waals surface area contributed by atoms with E-state index in [9.17, 15) is 4.79 Å². The lowest BCUT2D eigenvalue weighted by Gasteiger charge is -2.16. The Hall–Kier alpha value is -4.01. The van der Waals surface area contributed by atoms with Gasteiger partial charge in [-0.25, -0.2) is 9.97 Å². The monoisotopic (exact) mass is 519 g/mol. The number of anilines is 1. The molecular weight excluding hydrogens is 482 g/mol. The molecule has 2 heterocycles. The molecule has 1 atom stereocenters. The second-order valence-corrected chi connectivity index (χ2v) is 9.96. The maximum absolute atomic E-state index is 13.5. The Balaban J connectivity index is 1.78. The highest BCUT2D eigenvalue weighted by atomic mass is 16.5. The van der Waals surface area contributed by atoms with Crippen LogP contribution in [0.5, 0.6) is 17.2 Å². The molecule has 4 aromatic rings. The van der Waals surface area contributed by atoms with Crippen molar-refractivity contribution in [3.8, 4) is 17.2 Å². The van der Waals surface area contributed by atoms with Crippen molar-refractivity contribution in [3.63, 3.8) is 0 Å². The Labute approximate surface area is 223 Å². The zero-order chi connectivity index (χ0) is 27.4. The van der Waals surface area contributed by atoms with E-state index in [0.29, 0.717) is 57.8 Å². The topological polar surface area (TPSA) is 114 Å². The standard InChI is InChI=1S/C29H37N5O4/c1-17(2)10-9-11-18(3)31-29(35)24-25-28(33-21-13-8-7-12-20(21)32-25)34(27(24)30)16-19-14-22(36-4)26(38-6)23(15-19)37-5/h7-8,12-15,17-18H,9-11,16,30H2,1-6H3,(H,31,35)/t18-/m1/s1. The van der Waals surface area contributed by atoms with Crippen molar-refractivity contribution in [2.75, 3.05) is 27.1 Å². The van der Waals surface area contributed by atoms with Crippen LogP contribution in [0.3, 0.4) is 0 Å². The lowest BCUT2D eigenvalue weighted by atomic mass is 10.0. The van der Waals surface area contributed by atoms with Gasteiger partial charge in [-0.1, -0.05) is 38.8 Å². The summed E-state index contributed by atoms with van der Waals surface area (Å²) in [7, 11) is 4.71. The molecule has 0 aliphatic rings. The van der Waals surface area contributed by atoms with E-state index in [1.807, 2.05) is 47.9 Å². The van der Waals surface area contributed by atoms with Crippen LogP contribution in [0.15, 0.2) is 36.4 Å². The van der Waals surface area contributed by atoms with Gasteiger partial charge < -0.3 is 29.8 Å². The molecule has 1 amide bonds. The molecule has 0 aliphatic carbocycles. The molecule has 38 heavy (non-hydrogen) atoms. The Morgan fingerprint density at radius 2 is 1.61 bits per heavy atom. The molecule has 3 N–H and O–H groups in total. The van der Waals surface area contributed by atoms with Crippen molar-refractivity contribution in [2.24, 2.45) is 5.92 Å². The van der Waals surface area contributed by atoms with Crippen LogP contribution in [0.25, 0.3) is 22.2 Å². The van der Waals surface area contributed by atoms with Crippen LogP contribution < -0.4 is 25.3 Å². The third-order valence-electron chi connectivity index (χ3n) is 6.68. The van der Waals surface area contributed by atoms with E-state index < -0.39 is 0 Å². The number of fused-ring (bicyclic) bond motifs is 2.